The van der Waals surface area contributed by atoms with E-state index in [1.54, 1.807) is 28.0 Å². The van der Waals surface area contributed by atoms with E-state index in [1.807, 2.05) is 25.1 Å². The molecular formula is C18H23N5O2. The summed E-state index contributed by atoms with van der Waals surface area (Å²) in [6, 6.07) is 7.09. The molecule has 2 aromatic heterocycles. The molecule has 1 aliphatic rings. The minimum Gasteiger partial charge on any atom is -0.331 e. The molecule has 1 atom stereocenters. The molecule has 2 aromatic rings. The summed E-state index contributed by atoms with van der Waals surface area (Å²) < 4.78 is 1.73. The van der Waals surface area contributed by atoms with E-state index in [1.165, 1.54) is 0 Å². The van der Waals surface area contributed by atoms with Crippen molar-refractivity contribution in [2.75, 3.05) is 11.9 Å². The van der Waals surface area contributed by atoms with Crippen molar-refractivity contribution in [3.8, 4) is 0 Å². The first-order valence-corrected chi connectivity index (χ1v) is 8.71. The predicted octanol–water partition coefficient (Wildman–Crippen LogP) is 2.06. The molecule has 0 radical (unpaired) electrons. The van der Waals surface area contributed by atoms with Gasteiger partial charge < -0.3 is 10.2 Å². The number of carbonyl (C=O) groups is 2. The Morgan fingerprint density at radius 1 is 1.32 bits per heavy atom. The lowest BCUT2D eigenvalue weighted by Gasteiger charge is -2.23. The molecule has 1 N–H and O–H groups in total. The second-order valence-corrected chi connectivity index (χ2v) is 6.20. The monoisotopic (exact) mass is 341 g/mol. The zero-order valence-electron chi connectivity index (χ0n) is 14.4. The number of hydrogen-bond donors (Lipinski definition) is 1. The number of aromatic nitrogens is 3. The number of pyridine rings is 1. The normalized spacial score (nSPS) is 16.8. The molecule has 132 valence electrons. The van der Waals surface area contributed by atoms with Crippen LogP contribution in [-0.4, -0.2) is 44.1 Å². The third kappa shape index (κ3) is 4.23. The van der Waals surface area contributed by atoms with Crippen molar-refractivity contribution in [2.45, 2.75) is 45.2 Å². The molecule has 3 rings (SSSR count). The van der Waals surface area contributed by atoms with Crippen LogP contribution in [-0.2, 0) is 16.1 Å². The van der Waals surface area contributed by atoms with Gasteiger partial charge in [-0.15, -0.1) is 0 Å². The SMILES string of the molecule is CCCC(=O)N1CCC[C@H]1C(=O)Nc1ccn(Cc2ccccn2)n1. The first-order valence-electron chi connectivity index (χ1n) is 8.71. The molecule has 1 aliphatic heterocycles. The number of nitrogens with zero attached hydrogens (tertiary/aromatic N) is 4. The van der Waals surface area contributed by atoms with Gasteiger partial charge in [-0.1, -0.05) is 13.0 Å². The van der Waals surface area contributed by atoms with Crippen molar-refractivity contribution in [2.24, 2.45) is 0 Å². The van der Waals surface area contributed by atoms with E-state index >= 15 is 0 Å². The minimum atomic E-state index is -0.389. The number of anilines is 1. The maximum absolute atomic E-state index is 12.5. The smallest absolute Gasteiger partial charge is 0.248 e. The van der Waals surface area contributed by atoms with Crippen LogP contribution in [0.1, 0.15) is 38.3 Å². The highest BCUT2D eigenvalue weighted by Crippen LogP contribution is 2.20. The van der Waals surface area contributed by atoms with E-state index in [9.17, 15) is 9.59 Å². The van der Waals surface area contributed by atoms with Gasteiger partial charge in [0.1, 0.15) is 6.04 Å². The van der Waals surface area contributed by atoms with E-state index in [-0.39, 0.29) is 17.9 Å². The van der Waals surface area contributed by atoms with Crippen LogP contribution in [0, 0.1) is 0 Å². The van der Waals surface area contributed by atoms with Gasteiger partial charge in [-0.05, 0) is 31.4 Å². The van der Waals surface area contributed by atoms with Crippen molar-refractivity contribution in [3.05, 3.63) is 42.4 Å². The minimum absolute atomic E-state index is 0.0563. The lowest BCUT2D eigenvalue weighted by Crippen LogP contribution is -2.43. The van der Waals surface area contributed by atoms with Gasteiger partial charge in [0.25, 0.3) is 0 Å². The van der Waals surface area contributed by atoms with Gasteiger partial charge in [0.05, 0.1) is 12.2 Å². The third-order valence-electron chi connectivity index (χ3n) is 4.28. The topological polar surface area (TPSA) is 80.1 Å². The van der Waals surface area contributed by atoms with Crippen LogP contribution >= 0.6 is 0 Å². The van der Waals surface area contributed by atoms with Crippen molar-refractivity contribution >= 4 is 17.6 Å². The molecule has 0 aliphatic carbocycles. The summed E-state index contributed by atoms with van der Waals surface area (Å²) in [4.78, 5) is 30.6. The zero-order chi connectivity index (χ0) is 17.6. The van der Waals surface area contributed by atoms with Crippen molar-refractivity contribution in [1.82, 2.24) is 19.7 Å². The molecule has 25 heavy (non-hydrogen) atoms. The number of amides is 2. The van der Waals surface area contributed by atoms with E-state index < -0.39 is 0 Å². The van der Waals surface area contributed by atoms with Gasteiger partial charge in [-0.25, -0.2) is 0 Å². The number of nitrogens with one attached hydrogen (secondary N) is 1. The molecular weight excluding hydrogens is 318 g/mol. The molecule has 0 saturated carbocycles. The van der Waals surface area contributed by atoms with Crippen LogP contribution in [0.4, 0.5) is 5.82 Å². The van der Waals surface area contributed by atoms with Gasteiger partial charge >= 0.3 is 0 Å². The van der Waals surface area contributed by atoms with Crippen LogP contribution in [0.5, 0.6) is 0 Å². The molecule has 1 saturated heterocycles. The van der Waals surface area contributed by atoms with Crippen LogP contribution < -0.4 is 5.32 Å². The molecule has 7 nitrogen and oxygen atoms in total. The van der Waals surface area contributed by atoms with Crippen LogP contribution in [0.25, 0.3) is 0 Å². The maximum atomic E-state index is 12.5. The second-order valence-electron chi connectivity index (χ2n) is 6.20. The number of likely N-dealkylation sites (tertiary alicyclic amines) is 1. The summed E-state index contributed by atoms with van der Waals surface area (Å²) in [5.74, 6) is 0.390. The maximum Gasteiger partial charge on any atom is 0.248 e. The van der Waals surface area contributed by atoms with E-state index in [2.05, 4.69) is 15.4 Å². The average molecular weight is 341 g/mol. The lowest BCUT2D eigenvalue weighted by atomic mass is 10.2. The first-order chi connectivity index (χ1) is 12.2. The molecule has 7 heteroatoms. The van der Waals surface area contributed by atoms with Gasteiger partial charge in [0.2, 0.25) is 11.8 Å². The number of rotatable bonds is 6. The van der Waals surface area contributed by atoms with Gasteiger partial charge in [0.15, 0.2) is 5.82 Å². The van der Waals surface area contributed by atoms with E-state index in [0.29, 0.717) is 31.7 Å². The molecule has 0 spiro atoms. The summed E-state index contributed by atoms with van der Waals surface area (Å²) in [7, 11) is 0. The Morgan fingerprint density at radius 3 is 2.96 bits per heavy atom. The van der Waals surface area contributed by atoms with E-state index in [4.69, 9.17) is 0 Å². The van der Waals surface area contributed by atoms with Crippen molar-refractivity contribution in [3.63, 3.8) is 0 Å². The number of hydrogen-bond acceptors (Lipinski definition) is 4. The van der Waals surface area contributed by atoms with Crippen LogP contribution in [0.3, 0.4) is 0 Å². The summed E-state index contributed by atoms with van der Waals surface area (Å²) in [6.45, 7) is 3.17. The number of carbonyl (C=O) groups excluding carboxylic acids is 2. The standard InChI is InChI=1S/C18H23N5O2/c1-2-6-17(24)23-11-5-8-15(23)18(25)20-16-9-12-22(21-16)13-14-7-3-4-10-19-14/h3-4,7,9-10,12,15H,2,5-6,8,11,13H2,1H3,(H,20,21,25)/t15-/m0/s1. The fourth-order valence-corrected chi connectivity index (χ4v) is 3.08. The summed E-state index contributed by atoms with van der Waals surface area (Å²) in [5.41, 5.74) is 0.899. The largest absolute Gasteiger partial charge is 0.331 e. The summed E-state index contributed by atoms with van der Waals surface area (Å²) in [5, 5.41) is 7.20. The second kappa shape index (κ2) is 7.92. The molecule has 0 unspecified atom stereocenters. The summed E-state index contributed by atoms with van der Waals surface area (Å²) >= 11 is 0. The molecule has 3 heterocycles. The van der Waals surface area contributed by atoms with Gasteiger partial charge in [-0.3, -0.25) is 19.3 Å². The van der Waals surface area contributed by atoms with Gasteiger partial charge in [0, 0.05) is 31.4 Å². The van der Waals surface area contributed by atoms with Crippen molar-refractivity contribution in [1.29, 1.82) is 0 Å². The highest BCUT2D eigenvalue weighted by Gasteiger charge is 2.33. The highest BCUT2D eigenvalue weighted by molar-refractivity contribution is 5.96. The molecule has 1 fully saturated rings. The molecule has 2 amide bonds. The van der Waals surface area contributed by atoms with Crippen LogP contribution in [0.15, 0.2) is 36.7 Å². The lowest BCUT2D eigenvalue weighted by molar-refractivity contribution is -0.136. The Hall–Kier alpha value is -2.70. The molecule has 0 bridgehead atoms. The average Bonchev–Trinajstić information content (AvgIpc) is 3.25. The Labute approximate surface area is 147 Å². The quantitative estimate of drug-likeness (QED) is 0.872. The molecule has 0 aromatic carbocycles. The zero-order valence-corrected chi connectivity index (χ0v) is 14.4. The highest BCUT2D eigenvalue weighted by atomic mass is 16.2. The van der Waals surface area contributed by atoms with Crippen LogP contribution in [0.2, 0.25) is 0 Å². The van der Waals surface area contributed by atoms with Gasteiger partial charge in [-0.2, -0.15) is 5.10 Å². The third-order valence-corrected chi connectivity index (χ3v) is 4.28. The Morgan fingerprint density at radius 2 is 2.20 bits per heavy atom. The Balaban J connectivity index is 1.60. The summed E-state index contributed by atoms with van der Waals surface area (Å²) in [6.07, 6.45) is 6.39. The fraction of sp³-hybridized carbons (Fsp3) is 0.444. The van der Waals surface area contributed by atoms with E-state index in [0.717, 1.165) is 18.5 Å². The van der Waals surface area contributed by atoms with Crippen molar-refractivity contribution < 1.29 is 9.59 Å². The Bertz CT molecular complexity index is 728. The predicted molar refractivity (Wildman–Crippen MR) is 93.8 cm³/mol. The Kier molecular flexibility index (Phi) is 5.42. The first kappa shape index (κ1) is 17.1. The fourth-order valence-electron chi connectivity index (χ4n) is 3.08.